The Morgan fingerprint density at radius 3 is 2.61 bits per heavy atom. The smallest absolute Gasteiger partial charge is 0.221 e. The van der Waals surface area contributed by atoms with Gasteiger partial charge in [0.05, 0.1) is 0 Å². The molecular formula is C13H21BrN2OS. The van der Waals surface area contributed by atoms with Crippen LogP contribution >= 0.6 is 27.3 Å². The molecule has 1 heterocycles. The predicted molar refractivity (Wildman–Crippen MR) is 81.0 cm³/mol. The third kappa shape index (κ3) is 5.98. The van der Waals surface area contributed by atoms with Crippen molar-refractivity contribution in [3.05, 3.63) is 20.3 Å². The number of amides is 1. The second-order valence-corrected chi connectivity index (χ2v) is 7.54. The van der Waals surface area contributed by atoms with Crippen LogP contribution in [-0.4, -0.2) is 18.0 Å². The second kappa shape index (κ2) is 6.68. The Balaban J connectivity index is 2.21. The molecule has 0 aliphatic rings. The van der Waals surface area contributed by atoms with Gasteiger partial charge in [0.25, 0.3) is 0 Å². The molecule has 5 heteroatoms. The highest BCUT2D eigenvalue weighted by Crippen LogP contribution is 2.25. The van der Waals surface area contributed by atoms with Gasteiger partial charge in [-0.15, -0.1) is 11.3 Å². The van der Waals surface area contributed by atoms with Crippen LogP contribution in [0.1, 0.15) is 36.9 Å². The maximum atomic E-state index is 11.6. The summed E-state index contributed by atoms with van der Waals surface area (Å²) in [4.78, 5) is 14.1. The Morgan fingerprint density at radius 1 is 1.44 bits per heavy atom. The first-order valence-electron chi connectivity index (χ1n) is 6.04. The van der Waals surface area contributed by atoms with E-state index >= 15 is 0 Å². The SMILES string of the molecule is Cc1sc(CNCCC(=O)NC(C)(C)C)cc1Br. The van der Waals surface area contributed by atoms with Crippen LogP contribution in [0, 0.1) is 6.92 Å². The van der Waals surface area contributed by atoms with Crippen LogP contribution in [0.3, 0.4) is 0 Å². The van der Waals surface area contributed by atoms with Crippen LogP contribution in [0.2, 0.25) is 0 Å². The summed E-state index contributed by atoms with van der Waals surface area (Å²) in [6, 6.07) is 2.13. The number of hydrogen-bond donors (Lipinski definition) is 2. The lowest BCUT2D eigenvalue weighted by atomic mass is 10.1. The van der Waals surface area contributed by atoms with Crippen LogP contribution in [0.4, 0.5) is 0 Å². The van der Waals surface area contributed by atoms with Crippen molar-refractivity contribution in [2.45, 2.75) is 46.2 Å². The maximum absolute atomic E-state index is 11.6. The van der Waals surface area contributed by atoms with Crippen LogP contribution in [0.25, 0.3) is 0 Å². The predicted octanol–water partition coefficient (Wildman–Crippen LogP) is 3.21. The minimum absolute atomic E-state index is 0.0959. The van der Waals surface area contributed by atoms with Gasteiger partial charge >= 0.3 is 0 Å². The summed E-state index contributed by atoms with van der Waals surface area (Å²) in [5, 5.41) is 6.23. The number of halogens is 1. The normalized spacial score (nSPS) is 11.6. The van der Waals surface area contributed by atoms with E-state index in [4.69, 9.17) is 0 Å². The number of rotatable bonds is 5. The average molecular weight is 333 g/mol. The third-order valence-electron chi connectivity index (χ3n) is 2.25. The number of aryl methyl sites for hydroxylation is 1. The van der Waals surface area contributed by atoms with Crippen molar-refractivity contribution in [1.29, 1.82) is 0 Å². The highest BCUT2D eigenvalue weighted by molar-refractivity contribution is 9.10. The zero-order chi connectivity index (χ0) is 13.8. The topological polar surface area (TPSA) is 41.1 Å². The molecule has 102 valence electrons. The number of thiophene rings is 1. The van der Waals surface area contributed by atoms with Crippen molar-refractivity contribution in [3.63, 3.8) is 0 Å². The molecular weight excluding hydrogens is 312 g/mol. The van der Waals surface area contributed by atoms with Gasteiger partial charge in [-0.3, -0.25) is 4.79 Å². The van der Waals surface area contributed by atoms with Crippen molar-refractivity contribution in [1.82, 2.24) is 10.6 Å². The summed E-state index contributed by atoms with van der Waals surface area (Å²) in [5.74, 6) is 0.0959. The van der Waals surface area contributed by atoms with Crippen LogP contribution < -0.4 is 10.6 Å². The van der Waals surface area contributed by atoms with E-state index in [0.29, 0.717) is 13.0 Å². The fourth-order valence-corrected chi connectivity index (χ4v) is 3.07. The van der Waals surface area contributed by atoms with Gasteiger partial charge in [0.2, 0.25) is 5.91 Å². The number of carbonyl (C=O) groups excluding carboxylic acids is 1. The molecule has 1 amide bonds. The lowest BCUT2D eigenvalue weighted by molar-refractivity contribution is -0.122. The molecule has 0 radical (unpaired) electrons. The monoisotopic (exact) mass is 332 g/mol. The lowest BCUT2D eigenvalue weighted by Gasteiger charge is -2.20. The van der Waals surface area contributed by atoms with E-state index in [1.54, 1.807) is 11.3 Å². The first-order chi connectivity index (χ1) is 8.28. The molecule has 0 saturated carbocycles. The van der Waals surface area contributed by atoms with Crippen molar-refractivity contribution >= 4 is 33.2 Å². The van der Waals surface area contributed by atoms with Gasteiger partial charge in [0.1, 0.15) is 0 Å². The first kappa shape index (κ1) is 15.7. The van der Waals surface area contributed by atoms with Gasteiger partial charge in [0, 0.05) is 39.3 Å². The quantitative estimate of drug-likeness (QED) is 0.813. The van der Waals surface area contributed by atoms with E-state index in [1.165, 1.54) is 9.75 Å². The zero-order valence-corrected chi connectivity index (χ0v) is 13.8. The summed E-state index contributed by atoms with van der Waals surface area (Å²) < 4.78 is 1.16. The summed E-state index contributed by atoms with van der Waals surface area (Å²) in [6.45, 7) is 9.59. The van der Waals surface area contributed by atoms with Crippen molar-refractivity contribution in [3.8, 4) is 0 Å². The Labute approximate surface area is 121 Å². The zero-order valence-electron chi connectivity index (χ0n) is 11.4. The molecule has 18 heavy (non-hydrogen) atoms. The van der Waals surface area contributed by atoms with Gasteiger partial charge in [0.15, 0.2) is 0 Å². The van der Waals surface area contributed by atoms with Crippen molar-refractivity contribution < 1.29 is 4.79 Å². The Kier molecular flexibility index (Phi) is 5.82. The minimum atomic E-state index is -0.146. The van der Waals surface area contributed by atoms with E-state index in [0.717, 1.165) is 11.0 Å². The first-order valence-corrected chi connectivity index (χ1v) is 7.65. The van der Waals surface area contributed by atoms with Gasteiger partial charge in [-0.1, -0.05) is 0 Å². The van der Waals surface area contributed by atoms with Gasteiger partial charge < -0.3 is 10.6 Å². The van der Waals surface area contributed by atoms with Crippen molar-refractivity contribution in [2.75, 3.05) is 6.54 Å². The van der Waals surface area contributed by atoms with Crippen molar-refractivity contribution in [2.24, 2.45) is 0 Å². The molecule has 1 aromatic heterocycles. The van der Waals surface area contributed by atoms with E-state index in [9.17, 15) is 4.79 Å². The van der Waals surface area contributed by atoms with Gasteiger partial charge in [-0.2, -0.15) is 0 Å². The standard InChI is InChI=1S/C13H21BrN2OS/c1-9-11(14)7-10(18-9)8-15-6-5-12(17)16-13(2,3)4/h7,15H,5-6,8H2,1-4H3,(H,16,17). The summed E-state index contributed by atoms with van der Waals surface area (Å²) in [7, 11) is 0. The molecule has 0 aliphatic carbocycles. The summed E-state index contributed by atoms with van der Waals surface area (Å²) >= 11 is 5.27. The Bertz CT molecular complexity index is 390. The average Bonchev–Trinajstić information content (AvgIpc) is 2.51. The number of carbonyl (C=O) groups is 1. The summed E-state index contributed by atoms with van der Waals surface area (Å²) in [6.07, 6.45) is 0.517. The van der Waals surface area contributed by atoms with Crippen LogP contribution in [-0.2, 0) is 11.3 Å². The molecule has 0 aliphatic heterocycles. The molecule has 0 unspecified atom stereocenters. The largest absolute Gasteiger partial charge is 0.351 e. The fourth-order valence-electron chi connectivity index (χ4n) is 1.50. The van der Waals surface area contributed by atoms with Crippen LogP contribution in [0.15, 0.2) is 10.5 Å². The lowest BCUT2D eigenvalue weighted by Crippen LogP contribution is -2.41. The summed E-state index contributed by atoms with van der Waals surface area (Å²) in [5.41, 5.74) is -0.146. The fraction of sp³-hybridized carbons (Fsp3) is 0.615. The minimum Gasteiger partial charge on any atom is -0.351 e. The number of nitrogens with one attached hydrogen (secondary N) is 2. The van der Waals surface area contributed by atoms with Crippen LogP contribution in [0.5, 0.6) is 0 Å². The molecule has 0 aromatic carbocycles. The molecule has 1 rings (SSSR count). The molecule has 0 spiro atoms. The molecule has 3 nitrogen and oxygen atoms in total. The van der Waals surface area contributed by atoms with Gasteiger partial charge in [-0.25, -0.2) is 0 Å². The van der Waals surface area contributed by atoms with E-state index in [2.05, 4.69) is 39.6 Å². The molecule has 0 atom stereocenters. The van der Waals surface area contributed by atoms with Gasteiger partial charge in [-0.05, 0) is 49.7 Å². The molecule has 0 bridgehead atoms. The Hall–Kier alpha value is -0.390. The highest BCUT2D eigenvalue weighted by Gasteiger charge is 2.12. The molecule has 0 fully saturated rings. The second-order valence-electron chi connectivity index (χ2n) is 5.34. The maximum Gasteiger partial charge on any atom is 0.221 e. The highest BCUT2D eigenvalue weighted by atomic mass is 79.9. The number of hydrogen-bond acceptors (Lipinski definition) is 3. The van der Waals surface area contributed by atoms with E-state index < -0.39 is 0 Å². The molecule has 0 saturated heterocycles. The molecule has 1 aromatic rings. The molecule has 2 N–H and O–H groups in total. The Morgan fingerprint density at radius 2 is 2.11 bits per heavy atom. The third-order valence-corrected chi connectivity index (χ3v) is 4.39. The van der Waals surface area contributed by atoms with E-state index in [1.807, 2.05) is 20.8 Å². The van der Waals surface area contributed by atoms with E-state index in [-0.39, 0.29) is 11.4 Å².